The number of hydrogen-bond donors (Lipinski definition) is 2. The molecule has 2 unspecified atom stereocenters. The molecular formula is C17H32N4. The van der Waals surface area contributed by atoms with Gasteiger partial charge in [-0.15, -0.1) is 0 Å². The molecule has 1 aliphatic heterocycles. The van der Waals surface area contributed by atoms with E-state index in [0.29, 0.717) is 6.04 Å². The lowest BCUT2D eigenvalue weighted by Crippen LogP contribution is -2.44. The molecule has 1 heterocycles. The standard InChI is InChI=1S/C17H32N4/c1-14-11-15(2)13-21(12-14)10-6-9-19-17(18-3)20-16-7-4-5-8-16/h4-5,14-16H,6-13H2,1-3H3,(H2,18,19,20). The molecule has 4 heteroatoms. The quantitative estimate of drug-likeness (QED) is 0.353. The lowest BCUT2D eigenvalue weighted by atomic mass is 9.92. The maximum atomic E-state index is 4.31. The van der Waals surface area contributed by atoms with Crippen LogP contribution in [0.1, 0.15) is 39.5 Å². The van der Waals surface area contributed by atoms with Gasteiger partial charge in [0.25, 0.3) is 0 Å². The van der Waals surface area contributed by atoms with Crippen LogP contribution in [0.2, 0.25) is 0 Å². The minimum absolute atomic E-state index is 0.528. The molecule has 2 atom stereocenters. The molecule has 0 saturated carbocycles. The maximum Gasteiger partial charge on any atom is 0.191 e. The fourth-order valence-electron chi connectivity index (χ4n) is 3.61. The van der Waals surface area contributed by atoms with Gasteiger partial charge in [0, 0.05) is 32.7 Å². The molecule has 0 bridgehead atoms. The van der Waals surface area contributed by atoms with Crippen molar-refractivity contribution in [3.63, 3.8) is 0 Å². The number of aliphatic imine (C=N–C) groups is 1. The Kier molecular flexibility index (Phi) is 6.55. The van der Waals surface area contributed by atoms with Gasteiger partial charge >= 0.3 is 0 Å². The topological polar surface area (TPSA) is 39.7 Å². The fraction of sp³-hybridized carbons (Fsp3) is 0.824. The maximum absolute atomic E-state index is 4.31. The number of nitrogens with zero attached hydrogens (tertiary/aromatic N) is 2. The lowest BCUT2D eigenvalue weighted by Gasteiger charge is -2.35. The highest BCUT2D eigenvalue weighted by atomic mass is 15.2. The average molecular weight is 292 g/mol. The van der Waals surface area contributed by atoms with E-state index in [4.69, 9.17) is 0 Å². The van der Waals surface area contributed by atoms with Gasteiger partial charge in [-0.25, -0.2) is 0 Å². The molecule has 0 spiro atoms. The smallest absolute Gasteiger partial charge is 0.191 e. The summed E-state index contributed by atoms with van der Waals surface area (Å²) in [7, 11) is 1.85. The largest absolute Gasteiger partial charge is 0.356 e. The molecule has 2 aliphatic rings. The van der Waals surface area contributed by atoms with Crippen molar-refractivity contribution in [2.45, 2.75) is 45.6 Å². The lowest BCUT2D eigenvalue weighted by molar-refractivity contribution is 0.140. The summed E-state index contributed by atoms with van der Waals surface area (Å²) in [5, 5.41) is 6.92. The molecule has 1 saturated heterocycles. The Morgan fingerprint density at radius 2 is 1.86 bits per heavy atom. The summed E-state index contributed by atoms with van der Waals surface area (Å²) < 4.78 is 0. The normalized spacial score (nSPS) is 28.0. The van der Waals surface area contributed by atoms with Gasteiger partial charge in [0.05, 0.1) is 0 Å². The van der Waals surface area contributed by atoms with Crippen molar-refractivity contribution in [3.05, 3.63) is 12.2 Å². The highest BCUT2D eigenvalue weighted by Crippen LogP contribution is 2.20. The summed E-state index contributed by atoms with van der Waals surface area (Å²) in [5.74, 6) is 2.65. The molecule has 21 heavy (non-hydrogen) atoms. The van der Waals surface area contributed by atoms with E-state index in [1.807, 2.05) is 7.05 Å². The van der Waals surface area contributed by atoms with E-state index in [9.17, 15) is 0 Å². The first kappa shape index (κ1) is 16.3. The minimum atomic E-state index is 0.528. The van der Waals surface area contributed by atoms with E-state index < -0.39 is 0 Å². The Hall–Kier alpha value is -1.03. The highest BCUT2D eigenvalue weighted by molar-refractivity contribution is 5.80. The van der Waals surface area contributed by atoms with Gasteiger partial charge in [0.1, 0.15) is 0 Å². The zero-order valence-electron chi connectivity index (χ0n) is 13.9. The SMILES string of the molecule is CN=C(NCCCN1CC(C)CC(C)C1)NC1CC=CC1. The number of rotatable bonds is 5. The van der Waals surface area contributed by atoms with Crippen molar-refractivity contribution in [1.29, 1.82) is 0 Å². The zero-order chi connectivity index (χ0) is 15.1. The summed E-state index contributed by atoms with van der Waals surface area (Å²) in [4.78, 5) is 6.94. The molecule has 0 aromatic carbocycles. The molecule has 0 aromatic rings. The molecular weight excluding hydrogens is 260 g/mol. The van der Waals surface area contributed by atoms with Gasteiger partial charge < -0.3 is 15.5 Å². The average Bonchev–Trinajstić information content (AvgIpc) is 2.94. The minimum Gasteiger partial charge on any atom is -0.356 e. The van der Waals surface area contributed by atoms with Crippen LogP contribution in [0, 0.1) is 11.8 Å². The van der Waals surface area contributed by atoms with Gasteiger partial charge in [-0.3, -0.25) is 4.99 Å². The predicted molar refractivity (Wildman–Crippen MR) is 90.7 cm³/mol. The second-order valence-corrected chi connectivity index (χ2v) is 6.84. The van der Waals surface area contributed by atoms with E-state index in [-0.39, 0.29) is 0 Å². The number of piperidine rings is 1. The van der Waals surface area contributed by atoms with E-state index in [0.717, 1.165) is 37.2 Å². The van der Waals surface area contributed by atoms with Crippen LogP contribution in [-0.4, -0.2) is 50.1 Å². The molecule has 1 fully saturated rings. The van der Waals surface area contributed by atoms with Crippen LogP contribution in [0.15, 0.2) is 17.1 Å². The van der Waals surface area contributed by atoms with Crippen LogP contribution < -0.4 is 10.6 Å². The van der Waals surface area contributed by atoms with Crippen LogP contribution in [-0.2, 0) is 0 Å². The molecule has 4 nitrogen and oxygen atoms in total. The van der Waals surface area contributed by atoms with Crippen LogP contribution >= 0.6 is 0 Å². The molecule has 1 aliphatic carbocycles. The summed E-state index contributed by atoms with van der Waals surface area (Å²) in [5.41, 5.74) is 0. The molecule has 0 amide bonds. The Balaban J connectivity index is 1.59. The molecule has 0 aromatic heterocycles. The first-order valence-electron chi connectivity index (χ1n) is 8.52. The zero-order valence-corrected chi connectivity index (χ0v) is 13.9. The Bertz CT molecular complexity index is 346. The fourth-order valence-corrected chi connectivity index (χ4v) is 3.61. The van der Waals surface area contributed by atoms with Crippen molar-refractivity contribution in [3.8, 4) is 0 Å². The van der Waals surface area contributed by atoms with Crippen LogP contribution in [0.3, 0.4) is 0 Å². The number of likely N-dealkylation sites (tertiary alicyclic amines) is 1. The predicted octanol–water partition coefficient (Wildman–Crippen LogP) is 2.24. The van der Waals surface area contributed by atoms with Crippen molar-refractivity contribution >= 4 is 5.96 Å². The van der Waals surface area contributed by atoms with Gasteiger partial charge in [0.15, 0.2) is 5.96 Å². The van der Waals surface area contributed by atoms with E-state index >= 15 is 0 Å². The van der Waals surface area contributed by atoms with Crippen molar-refractivity contribution < 1.29 is 0 Å². The van der Waals surface area contributed by atoms with Gasteiger partial charge in [-0.1, -0.05) is 26.0 Å². The summed E-state index contributed by atoms with van der Waals surface area (Å²) in [6.45, 7) is 9.49. The highest BCUT2D eigenvalue weighted by Gasteiger charge is 2.21. The third-order valence-corrected chi connectivity index (χ3v) is 4.46. The molecule has 2 N–H and O–H groups in total. The monoisotopic (exact) mass is 292 g/mol. The summed E-state index contributed by atoms with van der Waals surface area (Å²) >= 11 is 0. The third kappa shape index (κ3) is 5.70. The van der Waals surface area contributed by atoms with Gasteiger partial charge in [-0.2, -0.15) is 0 Å². The van der Waals surface area contributed by atoms with Crippen molar-refractivity contribution in [2.75, 3.05) is 33.2 Å². The van der Waals surface area contributed by atoms with E-state index in [2.05, 4.69) is 46.5 Å². The third-order valence-electron chi connectivity index (χ3n) is 4.46. The number of nitrogens with one attached hydrogen (secondary N) is 2. The van der Waals surface area contributed by atoms with Crippen LogP contribution in [0.4, 0.5) is 0 Å². The van der Waals surface area contributed by atoms with Crippen molar-refractivity contribution in [2.24, 2.45) is 16.8 Å². The van der Waals surface area contributed by atoms with E-state index in [1.54, 1.807) is 0 Å². The second kappa shape index (κ2) is 8.42. The van der Waals surface area contributed by atoms with Gasteiger partial charge in [-0.05, 0) is 44.1 Å². The Morgan fingerprint density at radius 1 is 1.19 bits per heavy atom. The Morgan fingerprint density at radius 3 is 2.48 bits per heavy atom. The first-order chi connectivity index (χ1) is 10.2. The number of hydrogen-bond acceptors (Lipinski definition) is 2. The molecule has 0 radical (unpaired) electrons. The first-order valence-corrected chi connectivity index (χ1v) is 8.52. The molecule has 120 valence electrons. The van der Waals surface area contributed by atoms with Crippen molar-refractivity contribution in [1.82, 2.24) is 15.5 Å². The van der Waals surface area contributed by atoms with Gasteiger partial charge in [0.2, 0.25) is 0 Å². The molecule has 2 rings (SSSR count). The van der Waals surface area contributed by atoms with Crippen LogP contribution in [0.25, 0.3) is 0 Å². The summed E-state index contributed by atoms with van der Waals surface area (Å²) in [6.07, 6.45) is 9.28. The van der Waals surface area contributed by atoms with Crippen LogP contribution in [0.5, 0.6) is 0 Å². The van der Waals surface area contributed by atoms with E-state index in [1.165, 1.54) is 32.5 Å². The Labute approximate surface area is 130 Å². The summed E-state index contributed by atoms with van der Waals surface area (Å²) in [6, 6.07) is 0.528. The second-order valence-electron chi connectivity index (χ2n) is 6.84. The number of guanidine groups is 1.